The number of benzene rings is 2. The van der Waals surface area contributed by atoms with Gasteiger partial charge in [-0.05, 0) is 80.0 Å². The molecule has 0 bridgehead atoms. The Morgan fingerprint density at radius 1 is 0.914 bits per heavy atom. The molecule has 3 aromatic rings. The second-order valence-electron chi connectivity index (χ2n) is 9.40. The lowest BCUT2D eigenvalue weighted by atomic mass is 9.98. The molecule has 1 saturated carbocycles. The number of anilines is 4. The van der Waals surface area contributed by atoms with Gasteiger partial charge in [0, 0.05) is 17.6 Å². The van der Waals surface area contributed by atoms with Crippen LogP contribution in [0.25, 0.3) is 0 Å². The Morgan fingerprint density at radius 3 is 2.17 bits per heavy atom. The van der Waals surface area contributed by atoms with Gasteiger partial charge in [-0.3, -0.25) is 0 Å². The molecule has 1 aliphatic carbocycles. The molecular formula is C27H31F3N4O. The molecule has 2 aromatic carbocycles. The fourth-order valence-electron chi connectivity index (χ4n) is 4.20. The number of rotatable bonds is 8. The highest BCUT2D eigenvalue weighted by Gasteiger charge is 2.35. The van der Waals surface area contributed by atoms with Crippen molar-refractivity contribution in [2.75, 3.05) is 10.6 Å². The van der Waals surface area contributed by atoms with Crippen molar-refractivity contribution < 1.29 is 17.9 Å². The number of aromatic nitrogens is 2. The number of ether oxygens (including phenoxy) is 1. The molecule has 0 aliphatic heterocycles. The molecule has 1 heterocycles. The van der Waals surface area contributed by atoms with E-state index in [1.165, 1.54) is 12.0 Å². The van der Waals surface area contributed by atoms with Crippen molar-refractivity contribution in [3.8, 4) is 5.75 Å². The molecule has 4 rings (SSSR count). The van der Waals surface area contributed by atoms with Crippen LogP contribution in [-0.4, -0.2) is 16.1 Å². The zero-order valence-corrected chi connectivity index (χ0v) is 20.0. The zero-order chi connectivity index (χ0) is 24.8. The maximum atomic E-state index is 13.6. The van der Waals surface area contributed by atoms with Crippen LogP contribution in [0.5, 0.6) is 5.75 Å². The van der Waals surface area contributed by atoms with E-state index in [2.05, 4.69) is 34.4 Å². The molecule has 0 spiro atoms. The first-order valence-electron chi connectivity index (χ1n) is 12.1. The lowest BCUT2D eigenvalue weighted by Crippen LogP contribution is -2.19. The van der Waals surface area contributed by atoms with Gasteiger partial charge in [0.05, 0.1) is 6.10 Å². The molecular weight excluding hydrogens is 453 g/mol. The summed E-state index contributed by atoms with van der Waals surface area (Å²) >= 11 is 0. The Morgan fingerprint density at radius 2 is 1.54 bits per heavy atom. The average Bonchev–Trinajstić information content (AvgIpc) is 2.81. The first-order valence-corrected chi connectivity index (χ1v) is 12.1. The van der Waals surface area contributed by atoms with E-state index in [-0.39, 0.29) is 17.9 Å². The summed E-state index contributed by atoms with van der Waals surface area (Å²) < 4.78 is 46.9. The predicted octanol–water partition coefficient (Wildman–Crippen LogP) is 7.89. The molecule has 5 nitrogen and oxygen atoms in total. The van der Waals surface area contributed by atoms with E-state index >= 15 is 0 Å². The minimum Gasteiger partial charge on any atom is -0.490 e. The Kier molecular flexibility index (Phi) is 7.78. The molecule has 0 radical (unpaired) electrons. The minimum atomic E-state index is -4.59. The van der Waals surface area contributed by atoms with Gasteiger partial charge in [0.15, 0.2) is 0 Å². The quantitative estimate of drug-likeness (QED) is 0.340. The summed E-state index contributed by atoms with van der Waals surface area (Å²) in [6, 6.07) is 14.6. The number of hydrogen-bond acceptors (Lipinski definition) is 5. The summed E-state index contributed by atoms with van der Waals surface area (Å²) in [5.74, 6) is 1.01. The summed E-state index contributed by atoms with van der Waals surface area (Å²) in [7, 11) is 0. The van der Waals surface area contributed by atoms with Crippen molar-refractivity contribution in [2.45, 2.75) is 64.7 Å². The maximum absolute atomic E-state index is 13.6. The van der Waals surface area contributed by atoms with Crippen LogP contribution < -0.4 is 15.4 Å². The van der Waals surface area contributed by atoms with E-state index in [1.807, 2.05) is 24.3 Å². The van der Waals surface area contributed by atoms with Crippen LogP contribution in [0.3, 0.4) is 0 Å². The first-order chi connectivity index (χ1) is 16.8. The molecule has 0 saturated heterocycles. The van der Waals surface area contributed by atoms with Crippen molar-refractivity contribution in [1.82, 2.24) is 9.97 Å². The van der Waals surface area contributed by atoms with Gasteiger partial charge in [-0.25, -0.2) is 4.98 Å². The maximum Gasteiger partial charge on any atom is 0.421 e. The highest BCUT2D eigenvalue weighted by Crippen LogP contribution is 2.35. The van der Waals surface area contributed by atoms with Gasteiger partial charge in [-0.2, -0.15) is 18.2 Å². The second-order valence-corrected chi connectivity index (χ2v) is 9.40. The van der Waals surface area contributed by atoms with Crippen molar-refractivity contribution in [3.63, 3.8) is 0 Å². The largest absolute Gasteiger partial charge is 0.490 e. The normalized spacial score (nSPS) is 14.7. The number of nitrogens with one attached hydrogen (secondary N) is 2. The Labute approximate surface area is 204 Å². The second kappa shape index (κ2) is 11.0. The highest BCUT2D eigenvalue weighted by atomic mass is 19.4. The van der Waals surface area contributed by atoms with Crippen LogP contribution in [0.4, 0.5) is 36.3 Å². The molecule has 1 fully saturated rings. The van der Waals surface area contributed by atoms with Crippen molar-refractivity contribution in [3.05, 3.63) is 65.9 Å². The molecule has 35 heavy (non-hydrogen) atoms. The molecule has 186 valence electrons. The van der Waals surface area contributed by atoms with Crippen molar-refractivity contribution in [2.24, 2.45) is 5.92 Å². The topological polar surface area (TPSA) is 59.1 Å². The number of alkyl halides is 3. The van der Waals surface area contributed by atoms with Gasteiger partial charge in [-0.15, -0.1) is 0 Å². The van der Waals surface area contributed by atoms with Gasteiger partial charge in [0.1, 0.15) is 17.1 Å². The summed E-state index contributed by atoms with van der Waals surface area (Å²) in [6.07, 6.45) is 2.99. The summed E-state index contributed by atoms with van der Waals surface area (Å²) in [4.78, 5) is 8.02. The van der Waals surface area contributed by atoms with Gasteiger partial charge < -0.3 is 15.4 Å². The third kappa shape index (κ3) is 7.10. The Balaban J connectivity index is 1.49. The van der Waals surface area contributed by atoms with E-state index in [0.717, 1.165) is 38.3 Å². The van der Waals surface area contributed by atoms with Crippen molar-refractivity contribution in [1.29, 1.82) is 0 Å². The number of hydrogen-bond donors (Lipinski definition) is 2. The third-order valence-electron chi connectivity index (χ3n) is 5.92. The lowest BCUT2D eigenvalue weighted by Gasteiger charge is -2.23. The monoisotopic (exact) mass is 484 g/mol. The fraction of sp³-hybridized carbons (Fsp3) is 0.407. The van der Waals surface area contributed by atoms with E-state index in [0.29, 0.717) is 23.0 Å². The summed E-state index contributed by atoms with van der Waals surface area (Å²) in [6.45, 7) is 4.29. The fourth-order valence-corrected chi connectivity index (χ4v) is 4.20. The molecule has 0 unspecified atom stereocenters. The van der Waals surface area contributed by atoms with Crippen LogP contribution in [-0.2, 0) is 12.6 Å². The van der Waals surface area contributed by atoms with Crippen LogP contribution in [0.1, 0.15) is 57.1 Å². The van der Waals surface area contributed by atoms with Gasteiger partial charge in [0.2, 0.25) is 5.95 Å². The lowest BCUT2D eigenvalue weighted by molar-refractivity contribution is -0.137. The van der Waals surface area contributed by atoms with Gasteiger partial charge >= 0.3 is 6.18 Å². The highest BCUT2D eigenvalue weighted by molar-refractivity contribution is 5.63. The van der Waals surface area contributed by atoms with E-state index in [1.54, 1.807) is 24.3 Å². The summed E-state index contributed by atoms with van der Waals surface area (Å²) in [5, 5.41) is 5.79. The van der Waals surface area contributed by atoms with Crippen LogP contribution in [0.15, 0.2) is 54.7 Å². The molecule has 2 N–H and O–H groups in total. The number of halogens is 3. The van der Waals surface area contributed by atoms with Crippen molar-refractivity contribution >= 4 is 23.1 Å². The molecule has 0 amide bonds. The first kappa shape index (κ1) is 24.8. The molecule has 1 aromatic heterocycles. The minimum absolute atomic E-state index is 0.0781. The molecule has 8 heteroatoms. The Bertz CT molecular complexity index is 1090. The van der Waals surface area contributed by atoms with Gasteiger partial charge in [-0.1, -0.05) is 32.4 Å². The third-order valence-corrected chi connectivity index (χ3v) is 5.92. The zero-order valence-electron chi connectivity index (χ0n) is 20.0. The average molecular weight is 485 g/mol. The number of nitrogens with zero attached hydrogens (tertiary/aromatic N) is 2. The van der Waals surface area contributed by atoms with E-state index in [9.17, 15) is 13.2 Å². The summed E-state index contributed by atoms with van der Waals surface area (Å²) in [5.41, 5.74) is 1.44. The van der Waals surface area contributed by atoms with E-state index < -0.39 is 11.7 Å². The molecule has 1 aliphatic rings. The van der Waals surface area contributed by atoms with E-state index in [4.69, 9.17) is 4.74 Å². The standard InChI is InChI=1S/C27H31F3N4O/c1-18(2)16-19-8-10-21(11-9-19)33-26-31-17-24(27(28,29)30)25(34-26)32-20-12-14-23(15-13-20)35-22-6-4-3-5-7-22/h8-15,17-18,22H,3-7,16H2,1-2H3,(H2,31,32,33,34). The van der Waals surface area contributed by atoms with Crippen LogP contribution in [0, 0.1) is 5.92 Å². The van der Waals surface area contributed by atoms with Gasteiger partial charge in [0.25, 0.3) is 0 Å². The SMILES string of the molecule is CC(C)Cc1ccc(Nc2ncc(C(F)(F)F)c(Nc3ccc(OC4CCCCC4)cc3)n2)cc1. The predicted molar refractivity (Wildman–Crippen MR) is 133 cm³/mol. The Hall–Kier alpha value is -3.29. The van der Waals surface area contributed by atoms with Crippen LogP contribution in [0.2, 0.25) is 0 Å². The molecule has 0 atom stereocenters. The smallest absolute Gasteiger partial charge is 0.421 e. The van der Waals surface area contributed by atoms with Crippen LogP contribution >= 0.6 is 0 Å².